The zero-order chi connectivity index (χ0) is 17.8. The summed E-state index contributed by atoms with van der Waals surface area (Å²) < 4.78 is 7.38. The Balaban J connectivity index is 1.53. The zero-order valence-corrected chi connectivity index (χ0v) is 13.9. The second kappa shape index (κ2) is 7.06. The minimum Gasteiger partial charge on any atom is -0.482 e. The van der Waals surface area contributed by atoms with E-state index in [0.29, 0.717) is 11.4 Å². The highest BCUT2D eigenvalue weighted by molar-refractivity contribution is 5.96. The van der Waals surface area contributed by atoms with Crippen LogP contribution in [0.25, 0.3) is 16.9 Å². The summed E-state index contributed by atoms with van der Waals surface area (Å²) in [5, 5.41) is 2.89. The molecule has 3 heterocycles. The Morgan fingerprint density at radius 1 is 1.08 bits per heavy atom. The number of carbonyl (C=O) groups is 1. The fraction of sp³-hybridized carbons (Fsp3) is 0.0500. The molecule has 0 spiro atoms. The van der Waals surface area contributed by atoms with Crippen LogP contribution in [-0.4, -0.2) is 26.9 Å². The third-order valence-corrected chi connectivity index (χ3v) is 3.85. The molecule has 4 rings (SSSR count). The highest BCUT2D eigenvalue weighted by atomic mass is 16.5. The van der Waals surface area contributed by atoms with E-state index in [2.05, 4.69) is 15.3 Å². The van der Waals surface area contributed by atoms with Crippen molar-refractivity contribution in [2.75, 3.05) is 11.9 Å². The lowest BCUT2D eigenvalue weighted by atomic mass is 10.1. The Morgan fingerprint density at radius 2 is 1.96 bits per heavy atom. The lowest BCUT2D eigenvalue weighted by Crippen LogP contribution is -2.20. The number of hydrogen-bond acceptors (Lipinski definition) is 4. The van der Waals surface area contributed by atoms with E-state index in [0.717, 1.165) is 16.9 Å². The van der Waals surface area contributed by atoms with Crippen molar-refractivity contribution in [3.63, 3.8) is 0 Å². The van der Waals surface area contributed by atoms with E-state index in [1.165, 1.54) is 0 Å². The van der Waals surface area contributed by atoms with Gasteiger partial charge in [-0.15, -0.1) is 0 Å². The summed E-state index contributed by atoms with van der Waals surface area (Å²) >= 11 is 0. The molecule has 3 aromatic heterocycles. The van der Waals surface area contributed by atoms with Gasteiger partial charge in [-0.1, -0.05) is 24.3 Å². The van der Waals surface area contributed by atoms with Gasteiger partial charge in [0.1, 0.15) is 11.4 Å². The van der Waals surface area contributed by atoms with Crippen molar-refractivity contribution in [3.8, 4) is 17.0 Å². The Hall–Kier alpha value is -3.67. The van der Waals surface area contributed by atoms with E-state index < -0.39 is 0 Å². The number of anilines is 1. The predicted molar refractivity (Wildman–Crippen MR) is 99.0 cm³/mol. The van der Waals surface area contributed by atoms with E-state index >= 15 is 0 Å². The number of aromatic nitrogens is 3. The van der Waals surface area contributed by atoms with Crippen molar-refractivity contribution < 1.29 is 9.53 Å². The number of ether oxygens (including phenoxy) is 1. The van der Waals surface area contributed by atoms with Crippen LogP contribution in [-0.2, 0) is 4.79 Å². The largest absolute Gasteiger partial charge is 0.482 e. The molecule has 0 atom stereocenters. The van der Waals surface area contributed by atoms with Crippen LogP contribution in [0.3, 0.4) is 0 Å². The first kappa shape index (κ1) is 15.8. The van der Waals surface area contributed by atoms with Crippen LogP contribution < -0.4 is 10.1 Å². The first-order valence-electron chi connectivity index (χ1n) is 8.15. The molecule has 128 valence electrons. The number of nitrogens with zero attached hydrogens (tertiary/aromatic N) is 3. The Bertz CT molecular complexity index is 1010. The van der Waals surface area contributed by atoms with Crippen molar-refractivity contribution in [2.45, 2.75) is 0 Å². The number of imidazole rings is 1. The Labute approximate surface area is 150 Å². The van der Waals surface area contributed by atoms with Crippen molar-refractivity contribution in [1.82, 2.24) is 14.4 Å². The number of para-hydroxylation sites is 1. The van der Waals surface area contributed by atoms with Crippen molar-refractivity contribution in [1.29, 1.82) is 0 Å². The maximum Gasteiger partial charge on any atom is 0.262 e. The standard InChI is InChI=1S/C20H16N4O2/c25-20(14-26-15-6-5-10-21-12-15)23-17-8-2-1-7-16(17)18-13-24-11-4-3-9-19(24)22-18/h1-13H,14H2,(H,23,25). The normalized spacial score (nSPS) is 10.6. The second-order valence-electron chi connectivity index (χ2n) is 5.66. The van der Waals surface area contributed by atoms with E-state index in [1.54, 1.807) is 24.5 Å². The van der Waals surface area contributed by atoms with Crippen LogP contribution >= 0.6 is 0 Å². The topological polar surface area (TPSA) is 68.5 Å². The van der Waals surface area contributed by atoms with Gasteiger partial charge in [-0.2, -0.15) is 0 Å². The molecular formula is C20H16N4O2. The zero-order valence-electron chi connectivity index (χ0n) is 13.9. The number of fused-ring (bicyclic) bond motifs is 1. The summed E-state index contributed by atoms with van der Waals surface area (Å²) in [6.07, 6.45) is 7.09. The maximum atomic E-state index is 12.3. The van der Waals surface area contributed by atoms with Crippen LogP contribution in [0, 0.1) is 0 Å². The third-order valence-electron chi connectivity index (χ3n) is 3.85. The third kappa shape index (κ3) is 3.39. The molecule has 1 amide bonds. The van der Waals surface area contributed by atoms with Crippen LogP contribution in [0.1, 0.15) is 0 Å². The lowest BCUT2D eigenvalue weighted by Gasteiger charge is -2.10. The summed E-state index contributed by atoms with van der Waals surface area (Å²) in [6.45, 7) is -0.0921. The summed E-state index contributed by atoms with van der Waals surface area (Å²) in [5.74, 6) is 0.307. The number of hydrogen-bond donors (Lipinski definition) is 1. The summed E-state index contributed by atoms with van der Waals surface area (Å²) in [6, 6.07) is 16.9. The molecule has 6 heteroatoms. The molecule has 6 nitrogen and oxygen atoms in total. The molecule has 1 aromatic carbocycles. The lowest BCUT2D eigenvalue weighted by molar-refractivity contribution is -0.118. The number of rotatable bonds is 5. The van der Waals surface area contributed by atoms with E-state index in [9.17, 15) is 4.79 Å². The molecule has 0 aliphatic carbocycles. The molecule has 26 heavy (non-hydrogen) atoms. The van der Waals surface area contributed by atoms with Gasteiger partial charge >= 0.3 is 0 Å². The molecule has 0 saturated heterocycles. The van der Waals surface area contributed by atoms with E-state index in [4.69, 9.17) is 4.74 Å². The SMILES string of the molecule is O=C(COc1cccnc1)Nc1ccccc1-c1cn2ccccc2n1. The monoisotopic (exact) mass is 344 g/mol. The van der Waals surface area contributed by atoms with Crippen LogP contribution in [0.15, 0.2) is 79.4 Å². The van der Waals surface area contributed by atoms with Gasteiger partial charge in [0.2, 0.25) is 0 Å². The number of benzene rings is 1. The number of carbonyl (C=O) groups excluding carboxylic acids is 1. The first-order valence-corrected chi connectivity index (χ1v) is 8.15. The molecule has 0 radical (unpaired) electrons. The van der Waals surface area contributed by atoms with Crippen molar-refractivity contribution in [2.24, 2.45) is 0 Å². The average Bonchev–Trinajstić information content (AvgIpc) is 3.12. The van der Waals surface area contributed by atoms with Crippen LogP contribution in [0.4, 0.5) is 5.69 Å². The summed E-state index contributed by atoms with van der Waals surface area (Å²) in [4.78, 5) is 20.8. The van der Waals surface area contributed by atoms with Crippen LogP contribution in [0.5, 0.6) is 5.75 Å². The second-order valence-corrected chi connectivity index (χ2v) is 5.66. The predicted octanol–water partition coefficient (Wildman–Crippen LogP) is 3.41. The van der Waals surface area contributed by atoms with E-state index in [1.807, 2.05) is 59.3 Å². The van der Waals surface area contributed by atoms with E-state index in [-0.39, 0.29) is 12.5 Å². The molecule has 0 saturated carbocycles. The Morgan fingerprint density at radius 3 is 2.81 bits per heavy atom. The van der Waals surface area contributed by atoms with Gasteiger partial charge in [0.05, 0.1) is 17.6 Å². The molecular weight excluding hydrogens is 328 g/mol. The molecule has 4 aromatic rings. The minimum atomic E-state index is -0.245. The van der Waals surface area contributed by atoms with Gasteiger partial charge < -0.3 is 14.5 Å². The molecule has 0 fully saturated rings. The summed E-state index contributed by atoms with van der Waals surface area (Å²) in [5.41, 5.74) is 3.19. The van der Waals surface area contributed by atoms with Gasteiger partial charge in [-0.25, -0.2) is 4.98 Å². The van der Waals surface area contributed by atoms with Crippen molar-refractivity contribution >= 4 is 17.2 Å². The molecule has 0 aliphatic rings. The number of pyridine rings is 2. The maximum absolute atomic E-state index is 12.3. The molecule has 0 bridgehead atoms. The highest BCUT2D eigenvalue weighted by Gasteiger charge is 2.11. The fourth-order valence-electron chi connectivity index (χ4n) is 2.65. The molecule has 0 aliphatic heterocycles. The smallest absolute Gasteiger partial charge is 0.262 e. The van der Waals surface area contributed by atoms with Crippen molar-refractivity contribution in [3.05, 3.63) is 79.4 Å². The van der Waals surface area contributed by atoms with Crippen LogP contribution in [0.2, 0.25) is 0 Å². The van der Waals surface area contributed by atoms with Gasteiger partial charge in [0.25, 0.3) is 5.91 Å². The van der Waals surface area contributed by atoms with Gasteiger partial charge in [0.15, 0.2) is 6.61 Å². The fourth-order valence-corrected chi connectivity index (χ4v) is 2.65. The summed E-state index contributed by atoms with van der Waals surface area (Å²) in [7, 11) is 0. The Kier molecular flexibility index (Phi) is 4.30. The average molecular weight is 344 g/mol. The molecule has 1 N–H and O–H groups in total. The molecule has 0 unspecified atom stereocenters. The van der Waals surface area contributed by atoms with Gasteiger partial charge in [-0.05, 0) is 30.3 Å². The minimum absolute atomic E-state index is 0.0921. The first-order chi connectivity index (χ1) is 12.8. The number of nitrogens with one attached hydrogen (secondary N) is 1. The number of amides is 1. The quantitative estimate of drug-likeness (QED) is 0.602. The highest BCUT2D eigenvalue weighted by Crippen LogP contribution is 2.27. The van der Waals surface area contributed by atoms with Gasteiger partial charge in [0, 0.05) is 24.2 Å². The van der Waals surface area contributed by atoms with Gasteiger partial charge in [-0.3, -0.25) is 9.78 Å².